The van der Waals surface area contributed by atoms with Crippen LogP contribution in [0.25, 0.3) is 21.5 Å². The van der Waals surface area contributed by atoms with E-state index in [-0.39, 0.29) is 0 Å². The molecule has 0 saturated carbocycles. The van der Waals surface area contributed by atoms with Gasteiger partial charge in [-0.1, -0.05) is 202 Å². The lowest BCUT2D eigenvalue weighted by molar-refractivity contribution is 0.296. The number of allylic oxidation sites excluding steroid dienone is 2. The van der Waals surface area contributed by atoms with Crippen LogP contribution in [-0.4, -0.2) is 44.1 Å². The fraction of sp³-hybridized carbons (Fsp3) is 0.429. The van der Waals surface area contributed by atoms with Gasteiger partial charge in [-0.25, -0.2) is 0 Å². The first kappa shape index (κ1) is 39.7. The Morgan fingerprint density at radius 3 is 1.13 bits per heavy atom. The van der Waals surface area contributed by atoms with Crippen molar-refractivity contribution < 1.29 is 0 Å². The standard InChI is InChI=1S/C49H66N2Si/c1-7-12-13-14-15-16-17-24-37-52(6)48(44-33-29-40(30-34-44)38-50(8-2)9-3)46(42-25-20-18-21-26-42)47(43-27-22-19-23-28-43)49(52)45-35-31-41(32-36-45)39-51(10-4)11-5/h18-23,25-36H,7-17,24,37-39H2,1-6H3. The Kier molecular flexibility index (Phi) is 15.3. The fourth-order valence-electron chi connectivity index (χ4n) is 8.47. The molecule has 0 aliphatic carbocycles. The first-order valence-electron chi connectivity index (χ1n) is 20.7. The Bertz CT molecular complexity index is 1580. The van der Waals surface area contributed by atoms with Gasteiger partial charge in [-0.15, -0.1) is 0 Å². The molecule has 0 N–H and O–H groups in total. The van der Waals surface area contributed by atoms with E-state index >= 15 is 0 Å². The third-order valence-corrected chi connectivity index (χ3v) is 16.2. The Morgan fingerprint density at radius 2 is 0.769 bits per heavy atom. The van der Waals surface area contributed by atoms with Crippen molar-refractivity contribution in [3.05, 3.63) is 143 Å². The summed E-state index contributed by atoms with van der Waals surface area (Å²) in [5.74, 6) is 0. The van der Waals surface area contributed by atoms with Gasteiger partial charge in [0.05, 0.1) is 0 Å². The number of unbranched alkanes of at least 4 members (excludes halogenated alkanes) is 7. The SMILES string of the molecule is CCCCCCCCCC[Si]1(C)C(c2ccc(CN(CC)CC)cc2)=C(c2ccccc2)C(c2ccccc2)=C1c1ccc(CN(CC)CC)cc1. The van der Waals surface area contributed by atoms with Gasteiger partial charge in [-0.2, -0.15) is 0 Å². The zero-order valence-corrected chi connectivity index (χ0v) is 34.4. The van der Waals surface area contributed by atoms with Crippen molar-refractivity contribution in [2.75, 3.05) is 26.2 Å². The highest BCUT2D eigenvalue weighted by Gasteiger charge is 2.46. The molecule has 0 aromatic heterocycles. The summed E-state index contributed by atoms with van der Waals surface area (Å²) in [7, 11) is -2.29. The van der Waals surface area contributed by atoms with Crippen LogP contribution >= 0.6 is 0 Å². The summed E-state index contributed by atoms with van der Waals surface area (Å²) in [5, 5.41) is 3.24. The average Bonchev–Trinajstić information content (AvgIpc) is 3.46. The van der Waals surface area contributed by atoms with Gasteiger partial charge in [0.25, 0.3) is 0 Å². The van der Waals surface area contributed by atoms with Gasteiger partial charge in [-0.05, 0) is 87.1 Å². The maximum atomic E-state index is 2.71. The Balaban J connectivity index is 1.67. The van der Waals surface area contributed by atoms with E-state index in [1.54, 1.807) is 10.4 Å². The van der Waals surface area contributed by atoms with E-state index in [0.717, 1.165) is 39.3 Å². The number of hydrogen-bond acceptors (Lipinski definition) is 2. The molecular weight excluding hydrogens is 645 g/mol. The number of nitrogens with zero attached hydrogens (tertiary/aromatic N) is 2. The second-order valence-electron chi connectivity index (χ2n) is 15.1. The van der Waals surface area contributed by atoms with Crippen LogP contribution in [0, 0.1) is 0 Å². The summed E-state index contributed by atoms with van der Waals surface area (Å²) in [5.41, 5.74) is 11.2. The van der Waals surface area contributed by atoms with Crippen LogP contribution < -0.4 is 0 Å². The summed E-state index contributed by atoms with van der Waals surface area (Å²) in [4.78, 5) is 5.02. The molecule has 0 fully saturated rings. The zero-order valence-electron chi connectivity index (χ0n) is 33.4. The van der Waals surface area contributed by atoms with Crippen LogP contribution in [-0.2, 0) is 13.1 Å². The van der Waals surface area contributed by atoms with E-state index < -0.39 is 8.07 Å². The van der Waals surface area contributed by atoms with Crippen LogP contribution in [0.5, 0.6) is 0 Å². The van der Waals surface area contributed by atoms with Gasteiger partial charge in [0, 0.05) is 13.1 Å². The van der Waals surface area contributed by atoms with E-state index in [0.29, 0.717) is 0 Å². The molecule has 0 atom stereocenters. The summed E-state index contributed by atoms with van der Waals surface area (Å²) in [6.45, 7) is 20.4. The quantitative estimate of drug-likeness (QED) is 0.0627. The molecule has 0 saturated heterocycles. The second-order valence-corrected chi connectivity index (χ2v) is 19.3. The minimum atomic E-state index is -2.29. The topological polar surface area (TPSA) is 6.48 Å². The lowest BCUT2D eigenvalue weighted by atomic mass is 9.89. The summed E-state index contributed by atoms with van der Waals surface area (Å²) in [6, 6.07) is 43.5. The molecule has 0 unspecified atom stereocenters. The monoisotopic (exact) mass is 710 g/mol. The zero-order chi connectivity index (χ0) is 36.8. The smallest absolute Gasteiger partial charge is 0.118 e. The van der Waals surface area contributed by atoms with Crippen molar-refractivity contribution in [2.45, 2.75) is 112 Å². The van der Waals surface area contributed by atoms with Gasteiger partial charge in [0.2, 0.25) is 0 Å². The van der Waals surface area contributed by atoms with E-state index in [1.165, 1.54) is 102 Å². The van der Waals surface area contributed by atoms with Crippen LogP contribution in [0.3, 0.4) is 0 Å². The van der Waals surface area contributed by atoms with Crippen LogP contribution in [0.15, 0.2) is 109 Å². The fourth-order valence-corrected chi connectivity index (χ4v) is 13.4. The second kappa shape index (κ2) is 20.1. The molecule has 52 heavy (non-hydrogen) atoms. The van der Waals surface area contributed by atoms with Crippen molar-refractivity contribution in [2.24, 2.45) is 0 Å². The molecule has 2 nitrogen and oxygen atoms in total. The van der Waals surface area contributed by atoms with Crippen LogP contribution in [0.2, 0.25) is 12.6 Å². The van der Waals surface area contributed by atoms with E-state index in [9.17, 15) is 0 Å². The number of benzene rings is 4. The normalized spacial score (nSPS) is 14.3. The largest absolute Gasteiger partial charge is 0.300 e. The summed E-state index contributed by atoms with van der Waals surface area (Å²) < 4.78 is 0. The van der Waals surface area contributed by atoms with Gasteiger partial charge >= 0.3 is 0 Å². The van der Waals surface area contributed by atoms with Crippen molar-refractivity contribution in [3.8, 4) is 0 Å². The molecule has 0 spiro atoms. The predicted octanol–water partition coefficient (Wildman–Crippen LogP) is 13.2. The van der Waals surface area contributed by atoms with Crippen molar-refractivity contribution >= 4 is 29.6 Å². The maximum absolute atomic E-state index is 2.71. The lowest BCUT2D eigenvalue weighted by Gasteiger charge is -2.31. The minimum Gasteiger partial charge on any atom is -0.300 e. The molecule has 1 aliphatic heterocycles. The highest BCUT2D eigenvalue weighted by Crippen LogP contribution is 2.57. The number of hydrogen-bond donors (Lipinski definition) is 0. The average molecular weight is 711 g/mol. The van der Waals surface area contributed by atoms with Gasteiger partial charge in [0.15, 0.2) is 0 Å². The predicted molar refractivity (Wildman–Crippen MR) is 232 cm³/mol. The van der Waals surface area contributed by atoms with Crippen molar-refractivity contribution in [3.63, 3.8) is 0 Å². The molecule has 0 bridgehead atoms. The molecule has 5 rings (SSSR count). The highest BCUT2D eigenvalue weighted by atomic mass is 28.3. The van der Waals surface area contributed by atoms with Crippen molar-refractivity contribution in [1.29, 1.82) is 0 Å². The maximum Gasteiger partial charge on any atom is 0.118 e. The summed E-state index contributed by atoms with van der Waals surface area (Å²) >= 11 is 0. The van der Waals surface area contributed by atoms with E-state index in [4.69, 9.17) is 0 Å². The molecule has 0 radical (unpaired) electrons. The molecule has 1 heterocycles. The Labute approximate surface area is 318 Å². The minimum absolute atomic E-state index is 1.00. The van der Waals surface area contributed by atoms with Crippen LogP contribution in [0.4, 0.5) is 0 Å². The molecule has 276 valence electrons. The van der Waals surface area contributed by atoms with E-state index in [1.807, 2.05) is 0 Å². The third kappa shape index (κ3) is 9.72. The highest BCUT2D eigenvalue weighted by molar-refractivity contribution is 7.14. The molecule has 1 aliphatic rings. The number of rotatable bonds is 21. The molecule has 0 amide bonds. The Hall–Kier alpha value is -3.50. The van der Waals surface area contributed by atoms with Crippen LogP contribution in [0.1, 0.15) is 119 Å². The molecule has 3 heteroatoms. The Morgan fingerprint density at radius 1 is 0.404 bits per heavy atom. The third-order valence-electron chi connectivity index (χ3n) is 11.6. The molecule has 4 aromatic rings. The summed E-state index contributed by atoms with van der Waals surface area (Å²) in [6.07, 6.45) is 10.8. The van der Waals surface area contributed by atoms with Crippen molar-refractivity contribution in [1.82, 2.24) is 9.80 Å². The van der Waals surface area contributed by atoms with Gasteiger partial charge < -0.3 is 0 Å². The molecular formula is C49H66N2Si. The first-order chi connectivity index (χ1) is 25.5. The van der Waals surface area contributed by atoms with Gasteiger partial charge in [-0.3, -0.25) is 9.80 Å². The van der Waals surface area contributed by atoms with Gasteiger partial charge in [0.1, 0.15) is 8.07 Å². The lowest BCUT2D eigenvalue weighted by Crippen LogP contribution is -2.33. The first-order valence-corrected chi connectivity index (χ1v) is 23.4. The van der Waals surface area contributed by atoms with E-state index in [2.05, 4.69) is 160 Å². The molecule has 4 aromatic carbocycles.